The molecule has 8 heteroatoms. The molecule has 1 aliphatic heterocycles. The number of benzene rings is 1. The summed E-state index contributed by atoms with van der Waals surface area (Å²) in [6.45, 7) is 6.75. The summed E-state index contributed by atoms with van der Waals surface area (Å²) >= 11 is 0. The van der Waals surface area contributed by atoms with Crippen LogP contribution in [-0.4, -0.2) is 40.3 Å². The predicted octanol–water partition coefficient (Wildman–Crippen LogP) is 1.75. The van der Waals surface area contributed by atoms with Gasteiger partial charge in [-0.25, -0.2) is 9.59 Å². The first-order chi connectivity index (χ1) is 11.5. The molecule has 0 bridgehead atoms. The van der Waals surface area contributed by atoms with Crippen LogP contribution in [-0.2, 0) is 15.1 Å². The minimum Gasteiger partial charge on any atom is -0.478 e. The molecule has 1 aromatic carbocycles. The molecule has 0 saturated carbocycles. The van der Waals surface area contributed by atoms with E-state index in [1.807, 2.05) is 0 Å². The Morgan fingerprint density at radius 2 is 1.96 bits per heavy atom. The highest BCUT2D eigenvalue weighted by molar-refractivity contribution is 6.07. The molecule has 0 aliphatic carbocycles. The monoisotopic (exact) mass is 350 g/mol. The Kier molecular flexibility index (Phi) is 4.76. The number of nitrogens with one attached hydrogen (secondary N) is 2. The van der Waals surface area contributed by atoms with Gasteiger partial charge in [0.15, 0.2) is 5.60 Å². The van der Waals surface area contributed by atoms with E-state index in [1.165, 1.54) is 12.1 Å². The number of carboxylic acid groups (broad SMARTS) is 1. The smallest absolute Gasteiger partial charge is 0.407 e. The number of rotatable bonds is 4. The van der Waals surface area contributed by atoms with Crippen LogP contribution in [0.2, 0.25) is 0 Å². The van der Waals surface area contributed by atoms with Crippen LogP contribution in [0.15, 0.2) is 12.1 Å². The highest BCUT2D eigenvalue weighted by Gasteiger charge is 2.46. The van der Waals surface area contributed by atoms with Gasteiger partial charge in [0, 0.05) is 18.5 Å². The molecule has 1 unspecified atom stereocenters. The lowest BCUT2D eigenvalue weighted by atomic mass is 9.89. The summed E-state index contributed by atoms with van der Waals surface area (Å²) in [5.41, 5.74) is -1.48. The molecule has 1 aliphatic rings. The maximum absolute atomic E-state index is 12.2. The van der Waals surface area contributed by atoms with Crippen LogP contribution >= 0.6 is 0 Å². The van der Waals surface area contributed by atoms with Crippen molar-refractivity contribution in [2.75, 3.05) is 11.9 Å². The highest BCUT2D eigenvalue weighted by Crippen LogP contribution is 2.41. The lowest BCUT2D eigenvalue weighted by Gasteiger charge is -2.23. The van der Waals surface area contributed by atoms with Crippen LogP contribution in [0.3, 0.4) is 0 Å². The molecule has 1 atom stereocenters. The second-order valence-corrected chi connectivity index (χ2v) is 6.96. The van der Waals surface area contributed by atoms with Crippen molar-refractivity contribution in [1.82, 2.24) is 5.32 Å². The minimum atomic E-state index is -1.84. The first kappa shape index (κ1) is 18.7. The Morgan fingerprint density at radius 3 is 2.52 bits per heavy atom. The molecule has 2 amide bonds. The predicted molar refractivity (Wildman–Crippen MR) is 89.5 cm³/mol. The van der Waals surface area contributed by atoms with Crippen LogP contribution in [0.4, 0.5) is 10.5 Å². The number of amides is 2. The summed E-state index contributed by atoms with van der Waals surface area (Å²) in [6, 6.07) is 2.76. The van der Waals surface area contributed by atoms with Crippen molar-refractivity contribution in [3.8, 4) is 0 Å². The van der Waals surface area contributed by atoms with Crippen molar-refractivity contribution in [2.24, 2.45) is 0 Å². The standard InChI is InChI=1S/C17H22N2O6/c1-9-10(13(20)21)5-6-11-12(9)19-14(22)17(11,24)7-8-18-15(23)25-16(2,3)4/h5-6,24H,7-8H2,1-4H3,(H,18,23)(H,19,22)(H,20,21). The summed E-state index contributed by atoms with van der Waals surface area (Å²) in [4.78, 5) is 35.1. The fourth-order valence-corrected chi connectivity index (χ4v) is 2.70. The van der Waals surface area contributed by atoms with Crippen molar-refractivity contribution in [1.29, 1.82) is 0 Å². The molecule has 1 heterocycles. The number of alkyl carbamates (subject to hydrolysis) is 1. The Labute approximate surface area is 145 Å². The van der Waals surface area contributed by atoms with Crippen molar-refractivity contribution < 1.29 is 29.3 Å². The van der Waals surface area contributed by atoms with Gasteiger partial charge < -0.3 is 25.6 Å². The van der Waals surface area contributed by atoms with E-state index in [0.29, 0.717) is 16.8 Å². The number of ether oxygens (including phenoxy) is 1. The van der Waals surface area contributed by atoms with Gasteiger partial charge in [0.25, 0.3) is 5.91 Å². The minimum absolute atomic E-state index is 0.0119. The number of aromatic carboxylic acids is 1. The van der Waals surface area contributed by atoms with Gasteiger partial charge in [-0.1, -0.05) is 6.07 Å². The quantitative estimate of drug-likeness (QED) is 0.655. The fraction of sp³-hybridized carbons (Fsp3) is 0.471. The van der Waals surface area contributed by atoms with E-state index in [4.69, 9.17) is 9.84 Å². The normalized spacial score (nSPS) is 19.2. The van der Waals surface area contributed by atoms with Crippen molar-refractivity contribution in [3.63, 3.8) is 0 Å². The third-order valence-electron chi connectivity index (χ3n) is 3.91. The zero-order valence-corrected chi connectivity index (χ0v) is 14.6. The van der Waals surface area contributed by atoms with Gasteiger partial charge in [0.05, 0.1) is 11.3 Å². The van der Waals surface area contributed by atoms with Gasteiger partial charge in [-0.2, -0.15) is 0 Å². The van der Waals surface area contributed by atoms with Crippen LogP contribution in [0, 0.1) is 6.92 Å². The lowest BCUT2D eigenvalue weighted by Crippen LogP contribution is -2.39. The molecule has 0 aromatic heterocycles. The number of hydrogen-bond acceptors (Lipinski definition) is 5. The van der Waals surface area contributed by atoms with Gasteiger partial charge >= 0.3 is 12.1 Å². The summed E-state index contributed by atoms with van der Waals surface area (Å²) < 4.78 is 5.10. The number of fused-ring (bicyclic) bond motifs is 1. The van der Waals surface area contributed by atoms with E-state index in [-0.39, 0.29) is 18.5 Å². The lowest BCUT2D eigenvalue weighted by molar-refractivity contribution is -0.134. The fourth-order valence-electron chi connectivity index (χ4n) is 2.70. The summed E-state index contributed by atoms with van der Waals surface area (Å²) in [5.74, 6) is -1.77. The first-order valence-corrected chi connectivity index (χ1v) is 7.84. The number of anilines is 1. The van der Waals surface area contributed by atoms with Crippen molar-refractivity contribution in [3.05, 3.63) is 28.8 Å². The van der Waals surface area contributed by atoms with Gasteiger partial charge in [0.2, 0.25) is 0 Å². The summed E-state index contributed by atoms with van der Waals surface area (Å²) in [6.07, 6.45) is -0.719. The molecular weight excluding hydrogens is 328 g/mol. The number of carboxylic acids is 1. The molecule has 2 rings (SSSR count). The number of carbonyl (C=O) groups is 3. The maximum atomic E-state index is 12.2. The van der Waals surface area contributed by atoms with E-state index < -0.39 is 29.2 Å². The highest BCUT2D eigenvalue weighted by atomic mass is 16.6. The molecule has 0 saturated heterocycles. The molecule has 25 heavy (non-hydrogen) atoms. The maximum Gasteiger partial charge on any atom is 0.407 e. The van der Waals surface area contributed by atoms with Crippen molar-refractivity contribution >= 4 is 23.7 Å². The average molecular weight is 350 g/mol. The number of aliphatic hydroxyl groups is 1. The summed E-state index contributed by atoms with van der Waals surface area (Å²) in [5, 5.41) is 24.9. The largest absolute Gasteiger partial charge is 0.478 e. The van der Waals surface area contributed by atoms with Gasteiger partial charge in [-0.05, 0) is 39.3 Å². The third-order valence-corrected chi connectivity index (χ3v) is 3.91. The molecule has 0 radical (unpaired) electrons. The average Bonchev–Trinajstić information content (AvgIpc) is 2.70. The molecular formula is C17H22N2O6. The second-order valence-electron chi connectivity index (χ2n) is 6.96. The van der Waals surface area contributed by atoms with E-state index in [2.05, 4.69) is 10.6 Å². The first-order valence-electron chi connectivity index (χ1n) is 7.84. The van der Waals surface area contributed by atoms with Gasteiger partial charge in [-0.15, -0.1) is 0 Å². The van der Waals surface area contributed by atoms with Crippen LogP contribution in [0.1, 0.15) is 48.7 Å². The summed E-state index contributed by atoms with van der Waals surface area (Å²) in [7, 11) is 0. The number of carbonyl (C=O) groups excluding carboxylic acids is 2. The zero-order chi connectivity index (χ0) is 19.0. The van der Waals surface area contributed by atoms with Gasteiger partial charge in [-0.3, -0.25) is 4.79 Å². The molecule has 1 aromatic rings. The third kappa shape index (κ3) is 3.74. The zero-order valence-electron chi connectivity index (χ0n) is 14.6. The van der Waals surface area contributed by atoms with Crippen molar-refractivity contribution in [2.45, 2.75) is 45.3 Å². The van der Waals surface area contributed by atoms with E-state index in [1.54, 1.807) is 27.7 Å². The molecule has 0 fully saturated rings. The van der Waals surface area contributed by atoms with E-state index in [9.17, 15) is 19.5 Å². The van der Waals surface area contributed by atoms with E-state index in [0.717, 1.165) is 0 Å². The second kappa shape index (κ2) is 6.36. The topological polar surface area (TPSA) is 125 Å². The number of hydrogen-bond donors (Lipinski definition) is 4. The van der Waals surface area contributed by atoms with Crippen LogP contribution in [0.25, 0.3) is 0 Å². The Balaban J connectivity index is 2.15. The molecule has 0 spiro atoms. The molecule has 8 nitrogen and oxygen atoms in total. The Morgan fingerprint density at radius 1 is 1.32 bits per heavy atom. The Hall–Kier alpha value is -2.61. The molecule has 4 N–H and O–H groups in total. The molecule has 136 valence electrons. The SMILES string of the molecule is Cc1c(C(=O)O)ccc2c1NC(=O)C2(O)CCNC(=O)OC(C)(C)C. The van der Waals surface area contributed by atoms with Crippen LogP contribution < -0.4 is 10.6 Å². The Bertz CT molecular complexity index is 737. The van der Waals surface area contributed by atoms with E-state index >= 15 is 0 Å². The van der Waals surface area contributed by atoms with Crippen LogP contribution in [0.5, 0.6) is 0 Å². The van der Waals surface area contributed by atoms with Gasteiger partial charge in [0.1, 0.15) is 5.60 Å².